The van der Waals surface area contributed by atoms with Crippen molar-refractivity contribution in [2.45, 2.75) is 38.5 Å². The fourth-order valence-corrected chi connectivity index (χ4v) is 3.39. The van der Waals surface area contributed by atoms with E-state index < -0.39 is 35.4 Å². The highest BCUT2D eigenvalue weighted by atomic mass is 35.5. The van der Waals surface area contributed by atoms with Gasteiger partial charge in [-0.3, -0.25) is 14.4 Å². The Labute approximate surface area is 185 Å². The predicted octanol–water partition coefficient (Wildman–Crippen LogP) is 2.96. The molecule has 3 N–H and O–H groups in total. The molecule has 0 bridgehead atoms. The summed E-state index contributed by atoms with van der Waals surface area (Å²) in [4.78, 5) is 36.7. The number of Topliss-reactive ketones (excluding diaryl/α,β-unsaturated/α-hetero) is 1. The van der Waals surface area contributed by atoms with Crippen molar-refractivity contribution >= 4 is 30.1 Å². The number of nitrogens with two attached hydrogens (primary N) is 1. The topological polar surface area (TPSA) is 108 Å². The molecule has 2 atom stereocenters. The van der Waals surface area contributed by atoms with Crippen LogP contribution in [0.15, 0.2) is 42.5 Å². The molecule has 1 aliphatic rings. The summed E-state index contributed by atoms with van der Waals surface area (Å²) in [5.41, 5.74) is 5.54. The second kappa shape index (κ2) is 9.45. The molecule has 0 spiro atoms. The van der Waals surface area contributed by atoms with Gasteiger partial charge in [0.2, 0.25) is 0 Å². The van der Waals surface area contributed by atoms with Gasteiger partial charge < -0.3 is 20.5 Å². The summed E-state index contributed by atoms with van der Waals surface area (Å²) < 4.78 is 24.8. The lowest BCUT2D eigenvalue weighted by Gasteiger charge is -2.44. The maximum absolute atomic E-state index is 13.2. The van der Waals surface area contributed by atoms with Crippen LogP contribution in [0.2, 0.25) is 0 Å². The zero-order chi connectivity index (χ0) is 22.1. The number of benzene rings is 2. The maximum atomic E-state index is 13.2. The Morgan fingerprint density at radius 3 is 2.32 bits per heavy atom. The molecular formula is C22H24ClFN2O5. The lowest BCUT2D eigenvalue weighted by atomic mass is 9.85. The number of fused-ring (bicyclic) bond motifs is 1. The predicted molar refractivity (Wildman–Crippen MR) is 114 cm³/mol. The standard InChI is InChI=1S/C22H23FN2O5.ClH/c1-12(26)14-6-9-17-16(10-14)19(20(22(2,3)30-17)29-18(27)11-24)25-21(28)13-4-7-15(23)8-5-13;/h4-10,19-20H,11,24H2,1-3H3,(H,25,28);1H/t19-,20-;/m1./s1. The van der Waals surface area contributed by atoms with Gasteiger partial charge in [0.15, 0.2) is 11.9 Å². The van der Waals surface area contributed by atoms with E-state index in [-0.39, 0.29) is 30.3 Å². The molecule has 0 aromatic heterocycles. The van der Waals surface area contributed by atoms with Crippen molar-refractivity contribution in [3.05, 3.63) is 65.0 Å². The molecule has 9 heteroatoms. The van der Waals surface area contributed by atoms with Crippen molar-refractivity contribution in [1.82, 2.24) is 5.32 Å². The van der Waals surface area contributed by atoms with Crippen LogP contribution >= 0.6 is 12.4 Å². The van der Waals surface area contributed by atoms with Gasteiger partial charge in [0.1, 0.15) is 17.2 Å². The van der Waals surface area contributed by atoms with Crippen LogP contribution in [0, 0.1) is 5.82 Å². The number of amides is 1. The molecule has 1 heterocycles. The minimum atomic E-state index is -1.00. The van der Waals surface area contributed by atoms with Crippen LogP contribution in [0.25, 0.3) is 0 Å². The van der Waals surface area contributed by atoms with E-state index in [0.29, 0.717) is 16.9 Å². The molecule has 0 fully saturated rings. The van der Waals surface area contributed by atoms with Crippen LogP contribution in [0.4, 0.5) is 4.39 Å². The van der Waals surface area contributed by atoms with Crippen molar-refractivity contribution in [1.29, 1.82) is 0 Å². The Morgan fingerprint density at radius 2 is 1.74 bits per heavy atom. The van der Waals surface area contributed by atoms with Gasteiger partial charge in [0, 0.05) is 16.7 Å². The number of ether oxygens (including phenoxy) is 2. The van der Waals surface area contributed by atoms with Crippen LogP contribution in [-0.2, 0) is 9.53 Å². The number of carbonyl (C=O) groups is 3. The van der Waals surface area contributed by atoms with Gasteiger partial charge in [-0.2, -0.15) is 0 Å². The molecule has 3 rings (SSSR count). The third-order valence-electron chi connectivity index (χ3n) is 4.93. The quantitative estimate of drug-likeness (QED) is 0.535. The molecule has 7 nitrogen and oxygen atoms in total. The third-order valence-corrected chi connectivity index (χ3v) is 4.93. The van der Waals surface area contributed by atoms with E-state index in [1.54, 1.807) is 32.0 Å². The fraction of sp³-hybridized carbons (Fsp3) is 0.318. The number of halogens is 2. The molecule has 0 unspecified atom stereocenters. The maximum Gasteiger partial charge on any atom is 0.320 e. The minimum absolute atomic E-state index is 0. The fourth-order valence-electron chi connectivity index (χ4n) is 3.39. The smallest absolute Gasteiger partial charge is 0.320 e. The first-order chi connectivity index (χ1) is 14.1. The van der Waals surface area contributed by atoms with Gasteiger partial charge in [-0.25, -0.2) is 4.39 Å². The summed E-state index contributed by atoms with van der Waals surface area (Å²) in [7, 11) is 0. The van der Waals surface area contributed by atoms with Crippen LogP contribution in [0.1, 0.15) is 53.1 Å². The number of carbonyl (C=O) groups excluding carboxylic acids is 3. The first-order valence-electron chi connectivity index (χ1n) is 9.42. The number of rotatable bonds is 5. The second-order valence-electron chi connectivity index (χ2n) is 7.59. The molecular weight excluding hydrogens is 427 g/mol. The van der Waals surface area contributed by atoms with E-state index in [1.165, 1.54) is 31.2 Å². The van der Waals surface area contributed by atoms with Gasteiger partial charge in [-0.05, 0) is 63.2 Å². The molecule has 1 amide bonds. The largest absolute Gasteiger partial charge is 0.484 e. The van der Waals surface area contributed by atoms with Crippen LogP contribution in [0.5, 0.6) is 5.75 Å². The zero-order valence-corrected chi connectivity index (χ0v) is 18.1. The van der Waals surface area contributed by atoms with Gasteiger partial charge in [0.05, 0.1) is 12.6 Å². The van der Waals surface area contributed by atoms with Gasteiger partial charge in [0.25, 0.3) is 5.91 Å². The molecule has 2 aromatic rings. The van der Waals surface area contributed by atoms with Crippen molar-refractivity contribution in [3.8, 4) is 5.75 Å². The number of nitrogens with one attached hydrogen (secondary N) is 1. The molecule has 0 saturated heterocycles. The van der Waals surface area contributed by atoms with E-state index in [4.69, 9.17) is 15.2 Å². The lowest BCUT2D eigenvalue weighted by Crippen LogP contribution is -2.55. The van der Waals surface area contributed by atoms with Gasteiger partial charge in [-0.15, -0.1) is 12.4 Å². The van der Waals surface area contributed by atoms with Crippen LogP contribution in [0.3, 0.4) is 0 Å². The lowest BCUT2D eigenvalue weighted by molar-refractivity contribution is -0.163. The zero-order valence-electron chi connectivity index (χ0n) is 17.3. The van der Waals surface area contributed by atoms with E-state index in [9.17, 15) is 18.8 Å². The van der Waals surface area contributed by atoms with Gasteiger partial charge >= 0.3 is 5.97 Å². The molecule has 166 valence electrons. The molecule has 0 radical (unpaired) electrons. The van der Waals surface area contributed by atoms with Crippen molar-refractivity contribution in [2.75, 3.05) is 6.54 Å². The van der Waals surface area contributed by atoms with E-state index in [0.717, 1.165) is 0 Å². The molecule has 0 aliphatic carbocycles. The van der Waals surface area contributed by atoms with Crippen molar-refractivity contribution < 1.29 is 28.2 Å². The Balaban J connectivity index is 0.00000341. The monoisotopic (exact) mass is 450 g/mol. The SMILES string of the molecule is CC(=O)c1ccc2c(c1)[C@@H](NC(=O)c1ccc(F)cc1)[C@@H](OC(=O)CN)C(C)(C)O2.Cl. The molecule has 1 aliphatic heterocycles. The molecule has 2 aromatic carbocycles. The summed E-state index contributed by atoms with van der Waals surface area (Å²) >= 11 is 0. The van der Waals surface area contributed by atoms with Crippen LogP contribution < -0.4 is 15.8 Å². The Hall–Kier alpha value is -2.97. The third kappa shape index (κ3) is 5.21. The number of hydrogen-bond donors (Lipinski definition) is 2. The number of esters is 1. The van der Waals surface area contributed by atoms with E-state index >= 15 is 0 Å². The summed E-state index contributed by atoms with van der Waals surface area (Å²) in [6.07, 6.45) is -0.923. The van der Waals surface area contributed by atoms with E-state index in [1.807, 2.05) is 0 Å². The summed E-state index contributed by atoms with van der Waals surface area (Å²) in [6.45, 7) is 4.53. The van der Waals surface area contributed by atoms with Crippen LogP contribution in [-0.4, -0.2) is 35.9 Å². The first kappa shape index (κ1) is 24.3. The summed E-state index contributed by atoms with van der Waals surface area (Å²) in [6, 6.07) is 9.11. The Kier molecular flexibility index (Phi) is 7.41. The van der Waals surface area contributed by atoms with Crippen molar-refractivity contribution in [3.63, 3.8) is 0 Å². The summed E-state index contributed by atoms with van der Waals surface area (Å²) in [5, 5.41) is 2.84. The van der Waals surface area contributed by atoms with E-state index in [2.05, 4.69) is 5.32 Å². The van der Waals surface area contributed by atoms with Gasteiger partial charge in [-0.1, -0.05) is 0 Å². The highest BCUT2D eigenvalue weighted by molar-refractivity contribution is 5.95. The first-order valence-corrected chi connectivity index (χ1v) is 9.42. The Bertz CT molecular complexity index is 994. The summed E-state index contributed by atoms with van der Waals surface area (Å²) in [5.74, 6) is -1.34. The number of ketones is 1. The number of hydrogen-bond acceptors (Lipinski definition) is 6. The van der Waals surface area contributed by atoms with Crippen molar-refractivity contribution in [2.24, 2.45) is 5.73 Å². The average Bonchev–Trinajstić information content (AvgIpc) is 2.70. The second-order valence-corrected chi connectivity index (χ2v) is 7.59. The Morgan fingerprint density at radius 1 is 1.13 bits per heavy atom. The molecule has 0 saturated carbocycles. The average molecular weight is 451 g/mol. The highest BCUT2D eigenvalue weighted by Gasteiger charge is 2.47. The normalized spacial score (nSPS) is 18.6. The minimum Gasteiger partial charge on any atom is -0.484 e. The highest BCUT2D eigenvalue weighted by Crippen LogP contribution is 2.42. The molecule has 31 heavy (non-hydrogen) atoms.